The number of carbonyl (C=O) groups is 1. The van der Waals surface area contributed by atoms with E-state index in [1.807, 2.05) is 0 Å². The molecule has 1 atom stereocenters. The summed E-state index contributed by atoms with van der Waals surface area (Å²) in [6.07, 6.45) is 0.905. The summed E-state index contributed by atoms with van der Waals surface area (Å²) in [6.45, 7) is 6.24. The molecule has 2 aromatic rings. The summed E-state index contributed by atoms with van der Waals surface area (Å²) in [6, 6.07) is 10.8. The number of hydrogen-bond donors (Lipinski definition) is 1. The number of anilines is 1. The third-order valence-electron chi connectivity index (χ3n) is 5.78. The topological polar surface area (TPSA) is 79.0 Å². The first-order valence-electron chi connectivity index (χ1n) is 10.8. The highest BCUT2D eigenvalue weighted by Crippen LogP contribution is 2.28. The summed E-state index contributed by atoms with van der Waals surface area (Å²) in [5, 5.41) is 2.92. The van der Waals surface area contributed by atoms with Crippen molar-refractivity contribution in [3.63, 3.8) is 0 Å². The van der Waals surface area contributed by atoms with Gasteiger partial charge >= 0.3 is 0 Å². The Morgan fingerprint density at radius 2 is 1.88 bits per heavy atom. The van der Waals surface area contributed by atoms with E-state index < -0.39 is 10.0 Å². The van der Waals surface area contributed by atoms with Crippen molar-refractivity contribution in [3.05, 3.63) is 53.8 Å². The molecule has 174 valence electrons. The van der Waals surface area contributed by atoms with Gasteiger partial charge in [-0.3, -0.25) is 4.79 Å². The van der Waals surface area contributed by atoms with Crippen molar-refractivity contribution in [1.29, 1.82) is 0 Å². The molecule has 1 amide bonds. The Balaban J connectivity index is 1.67. The highest BCUT2D eigenvalue weighted by molar-refractivity contribution is 7.89. The first-order valence-corrected chi connectivity index (χ1v) is 12.2. The molecular formula is C23H30FN3O4S. The van der Waals surface area contributed by atoms with Crippen LogP contribution in [-0.2, 0) is 10.0 Å². The summed E-state index contributed by atoms with van der Waals surface area (Å²) in [5.74, 6) is -0.136. The van der Waals surface area contributed by atoms with Crippen LogP contribution in [0.2, 0.25) is 0 Å². The van der Waals surface area contributed by atoms with Crippen LogP contribution in [0.5, 0.6) is 5.75 Å². The first-order chi connectivity index (χ1) is 15.3. The maximum atomic E-state index is 13.1. The van der Waals surface area contributed by atoms with Gasteiger partial charge in [0.1, 0.15) is 16.5 Å². The van der Waals surface area contributed by atoms with E-state index >= 15 is 0 Å². The highest BCUT2D eigenvalue weighted by atomic mass is 32.2. The normalized spacial score (nSPS) is 16.4. The number of nitrogens with zero attached hydrogens (tertiary/aromatic N) is 2. The smallest absolute Gasteiger partial charge is 0.251 e. The number of hydrogen-bond acceptors (Lipinski definition) is 5. The number of rotatable bonds is 9. The van der Waals surface area contributed by atoms with Gasteiger partial charge in [0.05, 0.1) is 7.11 Å². The molecule has 1 N–H and O–H groups in total. The van der Waals surface area contributed by atoms with Crippen molar-refractivity contribution in [2.45, 2.75) is 25.2 Å². The molecule has 1 saturated heterocycles. The van der Waals surface area contributed by atoms with Crippen LogP contribution in [0.4, 0.5) is 10.1 Å². The molecule has 3 rings (SSSR count). The summed E-state index contributed by atoms with van der Waals surface area (Å²) < 4.78 is 45.7. The zero-order chi connectivity index (χ0) is 23.3. The zero-order valence-electron chi connectivity index (χ0n) is 18.7. The van der Waals surface area contributed by atoms with Crippen molar-refractivity contribution >= 4 is 21.6 Å². The largest absolute Gasteiger partial charge is 0.495 e. The quantitative estimate of drug-likeness (QED) is 0.618. The Bertz CT molecular complexity index is 1040. The number of halogens is 1. The van der Waals surface area contributed by atoms with Crippen LogP contribution < -0.4 is 15.0 Å². The molecule has 7 nitrogen and oxygen atoms in total. The van der Waals surface area contributed by atoms with E-state index in [1.54, 1.807) is 32.0 Å². The fourth-order valence-corrected chi connectivity index (χ4v) is 5.59. The minimum absolute atomic E-state index is 0.0142. The molecule has 2 aromatic carbocycles. The lowest BCUT2D eigenvalue weighted by Gasteiger charge is -2.20. The number of ether oxygens (including phenoxy) is 1. The second-order valence-corrected chi connectivity index (χ2v) is 9.65. The van der Waals surface area contributed by atoms with Gasteiger partial charge in [0.25, 0.3) is 5.91 Å². The summed E-state index contributed by atoms with van der Waals surface area (Å²) >= 11 is 0. The average Bonchev–Trinajstić information content (AvgIpc) is 3.27. The van der Waals surface area contributed by atoms with Crippen molar-refractivity contribution in [2.75, 3.05) is 44.7 Å². The number of sulfonamides is 1. The Morgan fingerprint density at radius 3 is 2.50 bits per heavy atom. The SMILES string of the molecule is CCN(CC)S(=O)(=O)c1cc(C(=O)NCC2CCN(c3ccc(F)cc3)C2)ccc1OC. The van der Waals surface area contributed by atoms with Gasteiger partial charge in [-0.25, -0.2) is 12.8 Å². The van der Waals surface area contributed by atoms with Crippen LogP contribution in [0.15, 0.2) is 47.4 Å². The van der Waals surface area contributed by atoms with Crippen LogP contribution in [0, 0.1) is 11.7 Å². The molecule has 32 heavy (non-hydrogen) atoms. The predicted molar refractivity (Wildman–Crippen MR) is 122 cm³/mol. The minimum atomic E-state index is -3.78. The minimum Gasteiger partial charge on any atom is -0.495 e. The maximum Gasteiger partial charge on any atom is 0.251 e. The standard InChI is InChI=1S/C23H30FN3O4S/c1-4-27(5-2)32(29,30)22-14-18(6-11-21(22)31-3)23(28)25-15-17-12-13-26(16-17)20-9-7-19(24)8-10-20/h6-11,14,17H,4-5,12-13,15-16H2,1-3H3,(H,25,28). The molecule has 1 aliphatic heterocycles. The second-order valence-electron chi connectivity index (χ2n) is 7.74. The molecule has 0 aromatic heterocycles. The van der Waals surface area contributed by atoms with Crippen LogP contribution in [0.25, 0.3) is 0 Å². The third-order valence-corrected chi connectivity index (χ3v) is 7.85. The fourth-order valence-electron chi connectivity index (χ4n) is 3.95. The van der Waals surface area contributed by atoms with Gasteiger partial charge in [-0.1, -0.05) is 13.8 Å². The highest BCUT2D eigenvalue weighted by Gasteiger charge is 2.27. The Morgan fingerprint density at radius 1 is 1.19 bits per heavy atom. The predicted octanol–water partition coefficient (Wildman–Crippen LogP) is 3.12. The van der Waals surface area contributed by atoms with Gasteiger partial charge in [0.15, 0.2) is 0 Å². The Kier molecular flexibility index (Phi) is 7.73. The monoisotopic (exact) mass is 463 g/mol. The van der Waals surface area contributed by atoms with Crippen LogP contribution in [0.3, 0.4) is 0 Å². The number of benzene rings is 2. The van der Waals surface area contributed by atoms with Gasteiger partial charge in [-0.2, -0.15) is 4.31 Å². The number of nitrogens with one attached hydrogen (secondary N) is 1. The van der Waals surface area contributed by atoms with Gasteiger partial charge in [0.2, 0.25) is 10.0 Å². The summed E-state index contributed by atoms with van der Waals surface area (Å²) in [4.78, 5) is 14.9. The number of carbonyl (C=O) groups excluding carboxylic acids is 1. The molecule has 0 aliphatic carbocycles. The van der Waals surface area contributed by atoms with Crippen LogP contribution in [-0.4, -0.2) is 58.5 Å². The first kappa shape index (κ1) is 24.0. The molecule has 1 aliphatic rings. The van der Waals surface area contributed by atoms with E-state index in [2.05, 4.69) is 10.2 Å². The third kappa shape index (κ3) is 5.21. The Hall–Kier alpha value is -2.65. The molecule has 0 bridgehead atoms. The molecule has 0 saturated carbocycles. The lowest BCUT2D eigenvalue weighted by molar-refractivity contribution is 0.0948. The average molecular weight is 464 g/mol. The molecule has 1 fully saturated rings. The zero-order valence-corrected chi connectivity index (χ0v) is 19.5. The van der Waals surface area contributed by atoms with E-state index in [-0.39, 0.29) is 33.9 Å². The van der Waals surface area contributed by atoms with Gasteiger partial charge < -0.3 is 15.0 Å². The van der Waals surface area contributed by atoms with E-state index in [9.17, 15) is 17.6 Å². The van der Waals surface area contributed by atoms with Gasteiger partial charge in [-0.05, 0) is 54.8 Å². The fraction of sp³-hybridized carbons (Fsp3) is 0.435. The van der Waals surface area contributed by atoms with Crippen LogP contribution >= 0.6 is 0 Å². The second kappa shape index (κ2) is 10.3. The number of methoxy groups -OCH3 is 1. The molecule has 9 heteroatoms. The maximum absolute atomic E-state index is 13.1. The molecule has 0 radical (unpaired) electrons. The molecule has 1 unspecified atom stereocenters. The van der Waals surface area contributed by atoms with Gasteiger partial charge in [-0.15, -0.1) is 0 Å². The summed E-state index contributed by atoms with van der Waals surface area (Å²) in [5.41, 5.74) is 1.23. The molecular weight excluding hydrogens is 433 g/mol. The van der Waals surface area contributed by atoms with E-state index in [1.165, 1.54) is 35.7 Å². The van der Waals surface area contributed by atoms with Crippen molar-refractivity contribution in [3.8, 4) is 5.75 Å². The summed E-state index contributed by atoms with van der Waals surface area (Å²) in [7, 11) is -2.37. The van der Waals surface area contributed by atoms with E-state index in [4.69, 9.17) is 4.74 Å². The van der Waals surface area contributed by atoms with E-state index in [0.29, 0.717) is 19.6 Å². The van der Waals surface area contributed by atoms with Crippen LogP contribution in [0.1, 0.15) is 30.6 Å². The molecule has 0 spiro atoms. The lowest BCUT2D eigenvalue weighted by atomic mass is 10.1. The lowest BCUT2D eigenvalue weighted by Crippen LogP contribution is -2.32. The van der Waals surface area contributed by atoms with E-state index in [0.717, 1.165) is 25.2 Å². The van der Waals surface area contributed by atoms with Gasteiger partial charge in [0, 0.05) is 44.0 Å². The molecule has 1 heterocycles. The van der Waals surface area contributed by atoms with Crippen molar-refractivity contribution in [1.82, 2.24) is 9.62 Å². The van der Waals surface area contributed by atoms with Crippen molar-refractivity contribution in [2.24, 2.45) is 5.92 Å². The van der Waals surface area contributed by atoms with Crippen molar-refractivity contribution < 1.29 is 22.3 Å². The number of amides is 1. The Labute approximate surface area is 189 Å².